The van der Waals surface area contributed by atoms with E-state index in [0.717, 1.165) is 27.7 Å². The van der Waals surface area contributed by atoms with Crippen molar-refractivity contribution in [3.8, 4) is 16.8 Å². The summed E-state index contributed by atoms with van der Waals surface area (Å²) in [5.41, 5.74) is 3.61. The highest BCUT2D eigenvalue weighted by Crippen LogP contribution is 2.28. The Labute approximate surface area is 144 Å². The van der Waals surface area contributed by atoms with Gasteiger partial charge in [-0.2, -0.15) is 0 Å². The van der Waals surface area contributed by atoms with Gasteiger partial charge in [0.1, 0.15) is 0 Å². The van der Waals surface area contributed by atoms with E-state index in [-0.39, 0.29) is 5.56 Å². The van der Waals surface area contributed by atoms with Crippen LogP contribution in [-0.4, -0.2) is 4.57 Å². The van der Waals surface area contributed by atoms with Crippen molar-refractivity contribution < 1.29 is 0 Å². The maximum absolute atomic E-state index is 12.8. The van der Waals surface area contributed by atoms with Gasteiger partial charge >= 0.3 is 0 Å². The van der Waals surface area contributed by atoms with Gasteiger partial charge in [-0.25, -0.2) is 0 Å². The molecule has 116 valence electrons. The summed E-state index contributed by atoms with van der Waals surface area (Å²) in [5.74, 6) is 0. The first-order chi connectivity index (χ1) is 11.7. The van der Waals surface area contributed by atoms with Crippen LogP contribution in [0.3, 0.4) is 0 Å². The van der Waals surface area contributed by atoms with Gasteiger partial charge in [0, 0.05) is 22.2 Å². The van der Waals surface area contributed by atoms with Gasteiger partial charge < -0.3 is 0 Å². The molecule has 4 aromatic rings. The van der Waals surface area contributed by atoms with Crippen molar-refractivity contribution in [2.24, 2.45) is 0 Å². The Kier molecular flexibility index (Phi) is 3.68. The van der Waals surface area contributed by atoms with Crippen LogP contribution in [0.2, 0.25) is 5.02 Å². The van der Waals surface area contributed by atoms with Crippen molar-refractivity contribution in [1.29, 1.82) is 0 Å². The highest BCUT2D eigenvalue weighted by molar-refractivity contribution is 6.30. The van der Waals surface area contributed by atoms with E-state index in [0.29, 0.717) is 5.02 Å². The molecule has 24 heavy (non-hydrogen) atoms. The van der Waals surface area contributed by atoms with Gasteiger partial charge in [-0.05, 0) is 41.5 Å². The number of aromatic nitrogens is 1. The van der Waals surface area contributed by atoms with Gasteiger partial charge in [-0.1, -0.05) is 60.1 Å². The number of pyridine rings is 1. The smallest absolute Gasteiger partial charge is 0.256 e. The lowest BCUT2D eigenvalue weighted by Gasteiger charge is -2.14. The van der Waals surface area contributed by atoms with Crippen molar-refractivity contribution in [2.45, 2.75) is 0 Å². The maximum Gasteiger partial charge on any atom is 0.256 e. The Hall–Kier alpha value is -2.84. The molecule has 1 heterocycles. The molecule has 0 radical (unpaired) electrons. The normalized spacial score (nSPS) is 10.9. The minimum absolute atomic E-state index is 0.0603. The highest BCUT2D eigenvalue weighted by atomic mass is 35.5. The summed E-state index contributed by atoms with van der Waals surface area (Å²) >= 11 is 5.98. The summed E-state index contributed by atoms with van der Waals surface area (Å²) in [6, 6.07) is 26.9. The van der Waals surface area contributed by atoms with Gasteiger partial charge in [-0.15, -0.1) is 0 Å². The van der Waals surface area contributed by atoms with Crippen LogP contribution in [0.1, 0.15) is 0 Å². The van der Waals surface area contributed by atoms with Crippen molar-refractivity contribution in [3.05, 3.63) is 100 Å². The van der Waals surface area contributed by atoms with Crippen molar-refractivity contribution in [2.75, 3.05) is 0 Å². The molecular weight excluding hydrogens is 318 g/mol. The molecule has 0 aliphatic carbocycles. The Bertz CT molecular complexity index is 1070. The van der Waals surface area contributed by atoms with E-state index in [4.69, 9.17) is 11.6 Å². The second kappa shape index (κ2) is 5.99. The molecule has 0 unspecified atom stereocenters. The molecule has 4 rings (SSSR count). The van der Waals surface area contributed by atoms with Crippen LogP contribution >= 0.6 is 11.6 Å². The molecule has 2 nitrogen and oxygen atoms in total. The minimum atomic E-state index is -0.0603. The summed E-state index contributed by atoms with van der Waals surface area (Å²) in [6.07, 6.45) is 0. The topological polar surface area (TPSA) is 22.0 Å². The van der Waals surface area contributed by atoms with Crippen LogP contribution in [0.4, 0.5) is 0 Å². The van der Waals surface area contributed by atoms with Crippen LogP contribution < -0.4 is 5.56 Å². The van der Waals surface area contributed by atoms with Crippen molar-refractivity contribution >= 4 is 22.5 Å². The average Bonchev–Trinajstić information content (AvgIpc) is 2.63. The first-order valence-electron chi connectivity index (χ1n) is 7.70. The van der Waals surface area contributed by atoms with Crippen LogP contribution in [0.25, 0.3) is 27.7 Å². The highest BCUT2D eigenvalue weighted by Gasteiger charge is 2.11. The fourth-order valence-electron chi connectivity index (χ4n) is 2.99. The van der Waals surface area contributed by atoms with Gasteiger partial charge in [0.25, 0.3) is 5.56 Å². The number of para-hydroxylation sites is 1. The Morgan fingerprint density at radius 1 is 0.750 bits per heavy atom. The Morgan fingerprint density at radius 2 is 1.42 bits per heavy atom. The first kappa shape index (κ1) is 14.7. The Morgan fingerprint density at radius 3 is 2.17 bits per heavy atom. The largest absolute Gasteiger partial charge is 0.277 e. The third-order valence-corrected chi connectivity index (χ3v) is 4.34. The third kappa shape index (κ3) is 2.51. The van der Waals surface area contributed by atoms with E-state index in [1.165, 1.54) is 0 Å². The number of halogens is 1. The predicted octanol–water partition coefficient (Wildman–Crippen LogP) is 5.31. The number of fused-ring (bicyclic) bond motifs is 1. The average molecular weight is 332 g/mol. The molecule has 3 heteroatoms. The zero-order valence-electron chi connectivity index (χ0n) is 12.8. The second-order valence-corrected chi connectivity index (χ2v) is 6.03. The minimum Gasteiger partial charge on any atom is -0.277 e. The summed E-state index contributed by atoms with van der Waals surface area (Å²) in [7, 11) is 0. The second-order valence-electron chi connectivity index (χ2n) is 5.59. The zero-order chi connectivity index (χ0) is 16.5. The molecule has 0 N–H and O–H groups in total. The number of rotatable bonds is 2. The molecule has 0 atom stereocenters. The van der Waals surface area contributed by atoms with Crippen LogP contribution in [0, 0.1) is 0 Å². The quantitative estimate of drug-likeness (QED) is 0.488. The van der Waals surface area contributed by atoms with Gasteiger partial charge in [0.15, 0.2) is 0 Å². The summed E-state index contributed by atoms with van der Waals surface area (Å²) in [6.45, 7) is 0. The SMILES string of the molecule is O=c1cc(-c2ccccc2)c2ccccc2n1-c1ccc(Cl)cc1. The van der Waals surface area contributed by atoms with Crippen LogP contribution in [-0.2, 0) is 0 Å². The third-order valence-electron chi connectivity index (χ3n) is 4.09. The first-order valence-corrected chi connectivity index (χ1v) is 8.08. The predicted molar refractivity (Wildman–Crippen MR) is 100.0 cm³/mol. The molecule has 0 fully saturated rings. The maximum atomic E-state index is 12.8. The standard InChI is InChI=1S/C21H14ClNO/c22-16-10-12-17(13-11-16)23-20-9-5-4-8-18(20)19(14-21(23)24)15-6-2-1-3-7-15/h1-14H. The lowest BCUT2D eigenvalue weighted by atomic mass is 10.0. The molecule has 0 aliphatic heterocycles. The molecule has 0 spiro atoms. The van der Waals surface area contributed by atoms with Crippen molar-refractivity contribution in [1.82, 2.24) is 4.57 Å². The molecule has 0 saturated heterocycles. The lowest BCUT2D eigenvalue weighted by molar-refractivity contribution is 1.04. The number of hydrogen-bond acceptors (Lipinski definition) is 1. The van der Waals surface area contributed by atoms with Crippen LogP contribution in [0.15, 0.2) is 89.7 Å². The fraction of sp³-hybridized carbons (Fsp3) is 0. The van der Waals surface area contributed by atoms with Gasteiger partial charge in [0.05, 0.1) is 5.52 Å². The monoisotopic (exact) mass is 331 g/mol. The summed E-state index contributed by atoms with van der Waals surface area (Å²) in [5, 5.41) is 1.69. The molecule has 1 aromatic heterocycles. The molecule has 0 bridgehead atoms. The van der Waals surface area contributed by atoms with E-state index in [1.807, 2.05) is 66.7 Å². The van der Waals surface area contributed by atoms with E-state index < -0.39 is 0 Å². The lowest BCUT2D eigenvalue weighted by Crippen LogP contribution is -2.18. The van der Waals surface area contributed by atoms with Crippen molar-refractivity contribution in [3.63, 3.8) is 0 Å². The Balaban J connectivity index is 2.06. The van der Waals surface area contributed by atoms with Gasteiger partial charge in [-0.3, -0.25) is 9.36 Å². The van der Waals surface area contributed by atoms with E-state index in [1.54, 1.807) is 22.8 Å². The number of benzene rings is 3. The number of nitrogens with zero attached hydrogens (tertiary/aromatic N) is 1. The van der Waals surface area contributed by atoms with Crippen LogP contribution in [0.5, 0.6) is 0 Å². The van der Waals surface area contributed by atoms with Gasteiger partial charge in [0.2, 0.25) is 0 Å². The zero-order valence-corrected chi connectivity index (χ0v) is 13.6. The molecule has 0 aliphatic rings. The van der Waals surface area contributed by atoms with E-state index in [2.05, 4.69) is 0 Å². The van der Waals surface area contributed by atoms with E-state index >= 15 is 0 Å². The summed E-state index contributed by atoms with van der Waals surface area (Å²) < 4.78 is 1.72. The molecule has 0 amide bonds. The fourth-order valence-corrected chi connectivity index (χ4v) is 3.12. The molecule has 3 aromatic carbocycles. The molecular formula is C21H14ClNO. The summed E-state index contributed by atoms with van der Waals surface area (Å²) in [4.78, 5) is 12.8. The van der Waals surface area contributed by atoms with E-state index in [9.17, 15) is 4.79 Å². The number of hydrogen-bond donors (Lipinski definition) is 0. The molecule has 0 saturated carbocycles.